The highest BCUT2D eigenvalue weighted by Crippen LogP contribution is 2.27. The summed E-state index contributed by atoms with van der Waals surface area (Å²) in [7, 11) is 1.71. The molecule has 0 radical (unpaired) electrons. The molecule has 0 atom stereocenters. The average Bonchev–Trinajstić information content (AvgIpc) is 2.95. The normalized spacial score (nSPS) is 11.3. The van der Waals surface area contributed by atoms with E-state index in [1.807, 2.05) is 13.0 Å². The zero-order valence-corrected chi connectivity index (χ0v) is 18.2. The first-order chi connectivity index (χ1) is 13.4. The van der Waals surface area contributed by atoms with Gasteiger partial charge in [0.15, 0.2) is 5.78 Å². The van der Waals surface area contributed by atoms with Crippen LogP contribution in [0.1, 0.15) is 39.3 Å². The number of rotatable bonds is 8. The Hall–Kier alpha value is -2.11. The van der Waals surface area contributed by atoms with Crippen molar-refractivity contribution in [1.82, 2.24) is 9.55 Å². The van der Waals surface area contributed by atoms with Crippen molar-refractivity contribution in [2.24, 2.45) is 0 Å². The first-order valence-electron chi connectivity index (χ1n) is 9.61. The Morgan fingerprint density at radius 1 is 1.14 bits per heavy atom. The van der Waals surface area contributed by atoms with Gasteiger partial charge in [0.2, 0.25) is 0 Å². The molecule has 4 nitrogen and oxygen atoms in total. The van der Waals surface area contributed by atoms with Crippen LogP contribution in [0.15, 0.2) is 35.4 Å². The highest BCUT2D eigenvalue weighted by molar-refractivity contribution is 7.99. The lowest BCUT2D eigenvalue weighted by Gasteiger charge is -2.10. The Kier molecular flexibility index (Phi) is 6.57. The molecule has 0 unspecified atom stereocenters. The third-order valence-corrected chi connectivity index (χ3v) is 6.09. The number of ether oxygens (including phenoxy) is 1. The van der Waals surface area contributed by atoms with Gasteiger partial charge in [0, 0.05) is 42.6 Å². The van der Waals surface area contributed by atoms with Gasteiger partial charge in [-0.25, -0.2) is 4.98 Å². The lowest BCUT2D eigenvalue weighted by Crippen LogP contribution is -2.08. The lowest BCUT2D eigenvalue weighted by atomic mass is 10.1. The van der Waals surface area contributed by atoms with E-state index in [-0.39, 0.29) is 5.78 Å². The molecule has 0 saturated heterocycles. The predicted molar refractivity (Wildman–Crippen MR) is 117 cm³/mol. The summed E-state index contributed by atoms with van der Waals surface area (Å²) in [6, 6.07) is 10.3. The number of nitrogens with zero attached hydrogens (tertiary/aromatic N) is 2. The number of carbonyl (C=O) groups excluding carboxylic acids is 1. The van der Waals surface area contributed by atoms with Crippen LogP contribution in [0, 0.1) is 27.7 Å². The molecule has 0 bridgehead atoms. The Bertz CT molecular complexity index is 1010. The van der Waals surface area contributed by atoms with E-state index in [2.05, 4.69) is 49.6 Å². The maximum absolute atomic E-state index is 12.9. The van der Waals surface area contributed by atoms with Crippen molar-refractivity contribution in [3.63, 3.8) is 0 Å². The Labute approximate surface area is 171 Å². The SMILES string of the molecule is COCCCn1c(C)cc(C(=O)CSc2cc(C)c3cccc(C)c3n2)c1C. The standard InChI is InChI=1S/C23H28N2O2S/c1-15-8-6-9-19-16(2)12-22(24-23(15)19)28-14-21(26)20-13-17(3)25(18(20)4)10-7-11-27-5/h6,8-9,12-13H,7,10-11,14H2,1-5H3. The van der Waals surface area contributed by atoms with E-state index < -0.39 is 0 Å². The van der Waals surface area contributed by atoms with Gasteiger partial charge in [-0.05, 0) is 57.4 Å². The summed E-state index contributed by atoms with van der Waals surface area (Å²) >= 11 is 1.52. The van der Waals surface area contributed by atoms with Gasteiger partial charge in [0.1, 0.15) is 0 Å². The summed E-state index contributed by atoms with van der Waals surface area (Å²) < 4.78 is 7.35. The van der Waals surface area contributed by atoms with Crippen LogP contribution >= 0.6 is 11.8 Å². The molecule has 0 amide bonds. The number of methoxy groups -OCH3 is 1. The molecular weight excluding hydrogens is 368 g/mol. The van der Waals surface area contributed by atoms with Crippen molar-refractivity contribution in [1.29, 1.82) is 0 Å². The zero-order valence-electron chi connectivity index (χ0n) is 17.3. The molecule has 2 heterocycles. The molecule has 3 aromatic rings. The van der Waals surface area contributed by atoms with E-state index in [1.54, 1.807) is 7.11 Å². The Morgan fingerprint density at radius 2 is 1.93 bits per heavy atom. The van der Waals surface area contributed by atoms with E-state index in [0.29, 0.717) is 5.75 Å². The van der Waals surface area contributed by atoms with Crippen LogP contribution in [-0.2, 0) is 11.3 Å². The predicted octanol–water partition coefficient (Wildman–Crippen LogP) is 5.28. The van der Waals surface area contributed by atoms with Gasteiger partial charge in [-0.15, -0.1) is 0 Å². The van der Waals surface area contributed by atoms with Gasteiger partial charge in [0.05, 0.1) is 16.3 Å². The second kappa shape index (κ2) is 8.93. The number of para-hydroxylation sites is 1. The van der Waals surface area contributed by atoms with E-state index in [1.165, 1.54) is 22.7 Å². The van der Waals surface area contributed by atoms with Crippen molar-refractivity contribution in [3.05, 3.63) is 58.4 Å². The topological polar surface area (TPSA) is 44.1 Å². The van der Waals surface area contributed by atoms with Crippen molar-refractivity contribution >= 4 is 28.4 Å². The first kappa shape index (κ1) is 20.6. The molecule has 0 aliphatic rings. The molecule has 148 valence electrons. The maximum atomic E-state index is 12.9. The minimum atomic E-state index is 0.153. The number of Topliss-reactive ketones (excluding diaryl/α,β-unsaturated/α-hetero) is 1. The minimum Gasteiger partial charge on any atom is -0.385 e. The number of aromatic nitrogens is 2. The monoisotopic (exact) mass is 396 g/mol. The highest BCUT2D eigenvalue weighted by atomic mass is 32.2. The maximum Gasteiger partial charge on any atom is 0.174 e. The molecule has 2 aromatic heterocycles. The third-order valence-electron chi connectivity index (χ3n) is 5.18. The number of pyridine rings is 1. The fourth-order valence-electron chi connectivity index (χ4n) is 3.62. The summed E-state index contributed by atoms with van der Waals surface area (Å²) in [6.45, 7) is 9.86. The van der Waals surface area contributed by atoms with Crippen LogP contribution in [0.2, 0.25) is 0 Å². The lowest BCUT2D eigenvalue weighted by molar-refractivity contribution is 0.102. The number of benzene rings is 1. The zero-order chi connectivity index (χ0) is 20.3. The second-order valence-corrected chi connectivity index (χ2v) is 8.24. The molecule has 0 fully saturated rings. The molecule has 3 rings (SSSR count). The van der Waals surface area contributed by atoms with Gasteiger partial charge in [-0.2, -0.15) is 0 Å². The minimum absolute atomic E-state index is 0.153. The fourth-order valence-corrected chi connectivity index (χ4v) is 4.47. The molecule has 0 spiro atoms. The van der Waals surface area contributed by atoms with Crippen molar-refractivity contribution in [2.45, 2.75) is 45.7 Å². The van der Waals surface area contributed by atoms with Gasteiger partial charge in [0.25, 0.3) is 0 Å². The van der Waals surface area contributed by atoms with E-state index in [0.717, 1.165) is 52.6 Å². The molecule has 28 heavy (non-hydrogen) atoms. The van der Waals surface area contributed by atoms with E-state index in [9.17, 15) is 4.79 Å². The smallest absolute Gasteiger partial charge is 0.174 e. The van der Waals surface area contributed by atoms with Gasteiger partial charge in [-0.1, -0.05) is 30.0 Å². The van der Waals surface area contributed by atoms with E-state index >= 15 is 0 Å². The second-order valence-electron chi connectivity index (χ2n) is 7.24. The summed E-state index contributed by atoms with van der Waals surface area (Å²) in [6.07, 6.45) is 0.939. The van der Waals surface area contributed by atoms with Gasteiger partial charge in [-0.3, -0.25) is 4.79 Å². The van der Waals surface area contributed by atoms with Crippen LogP contribution < -0.4 is 0 Å². The summed E-state index contributed by atoms with van der Waals surface area (Å²) in [5.41, 5.74) is 6.36. The van der Waals surface area contributed by atoms with Gasteiger partial charge < -0.3 is 9.30 Å². The average molecular weight is 397 g/mol. The molecule has 0 aliphatic carbocycles. The number of thioether (sulfide) groups is 1. The Morgan fingerprint density at radius 3 is 2.68 bits per heavy atom. The summed E-state index contributed by atoms with van der Waals surface area (Å²) in [4.78, 5) is 17.7. The summed E-state index contributed by atoms with van der Waals surface area (Å²) in [5.74, 6) is 0.548. The Balaban J connectivity index is 1.75. The largest absolute Gasteiger partial charge is 0.385 e. The van der Waals surface area contributed by atoms with Crippen LogP contribution in [0.25, 0.3) is 10.9 Å². The molecular formula is C23H28N2O2S. The van der Waals surface area contributed by atoms with Gasteiger partial charge >= 0.3 is 0 Å². The molecule has 0 saturated carbocycles. The molecule has 5 heteroatoms. The highest BCUT2D eigenvalue weighted by Gasteiger charge is 2.16. The summed E-state index contributed by atoms with van der Waals surface area (Å²) in [5, 5.41) is 2.08. The number of fused-ring (bicyclic) bond motifs is 1. The quantitative estimate of drug-likeness (QED) is 0.295. The number of ketones is 1. The molecule has 0 N–H and O–H groups in total. The molecule has 1 aromatic carbocycles. The van der Waals surface area contributed by atoms with Crippen molar-refractivity contribution in [3.8, 4) is 0 Å². The van der Waals surface area contributed by atoms with Crippen LogP contribution in [0.4, 0.5) is 0 Å². The number of hydrogen-bond donors (Lipinski definition) is 0. The van der Waals surface area contributed by atoms with Crippen LogP contribution in [0.5, 0.6) is 0 Å². The van der Waals surface area contributed by atoms with Crippen molar-refractivity contribution in [2.75, 3.05) is 19.5 Å². The van der Waals surface area contributed by atoms with Crippen molar-refractivity contribution < 1.29 is 9.53 Å². The number of carbonyl (C=O) groups is 1. The third kappa shape index (κ3) is 4.31. The fraction of sp³-hybridized carbons (Fsp3) is 0.391. The van der Waals surface area contributed by atoms with Crippen LogP contribution in [0.3, 0.4) is 0 Å². The molecule has 0 aliphatic heterocycles. The van der Waals surface area contributed by atoms with Crippen LogP contribution in [-0.4, -0.2) is 34.8 Å². The number of aryl methyl sites for hydroxylation is 3. The van der Waals surface area contributed by atoms with E-state index in [4.69, 9.17) is 9.72 Å². The number of hydrogen-bond acceptors (Lipinski definition) is 4. The first-order valence-corrected chi connectivity index (χ1v) is 10.6.